The van der Waals surface area contributed by atoms with Crippen molar-refractivity contribution in [3.05, 3.63) is 54.1 Å². The Hall–Kier alpha value is -1.45. The van der Waals surface area contributed by atoms with E-state index >= 15 is 0 Å². The normalized spacial score (nSPS) is 13.9. The van der Waals surface area contributed by atoms with Gasteiger partial charge in [0.05, 0.1) is 15.7 Å². The lowest BCUT2D eigenvalue weighted by molar-refractivity contribution is 0.639. The summed E-state index contributed by atoms with van der Waals surface area (Å²) in [6.07, 6.45) is 4.06. The Bertz CT molecular complexity index is 641. The van der Waals surface area contributed by atoms with Crippen molar-refractivity contribution >= 4 is 27.8 Å². The van der Waals surface area contributed by atoms with Crippen molar-refractivity contribution in [3.8, 4) is 0 Å². The average Bonchev–Trinajstić information content (AvgIpc) is 2.42. The second-order valence-electron chi connectivity index (χ2n) is 5.74. The van der Waals surface area contributed by atoms with Gasteiger partial charge in [0.2, 0.25) is 0 Å². The van der Waals surface area contributed by atoms with Crippen molar-refractivity contribution in [1.82, 2.24) is 4.72 Å². The maximum Gasteiger partial charge on any atom is 0.0973 e. The highest BCUT2D eigenvalue weighted by molar-refractivity contribution is 7.84. The van der Waals surface area contributed by atoms with E-state index in [-0.39, 0.29) is 4.75 Å². The highest BCUT2D eigenvalue weighted by atomic mass is 32.2. The van der Waals surface area contributed by atoms with Crippen molar-refractivity contribution in [2.24, 2.45) is 0 Å². The van der Waals surface area contributed by atoms with Crippen molar-refractivity contribution < 1.29 is 4.21 Å². The molecule has 3 heteroatoms. The van der Waals surface area contributed by atoms with E-state index in [9.17, 15) is 4.21 Å². The molecule has 2 aromatic rings. The standard InChI is InChI=1S/C17H21NOS/c1-17(2,3)20(19)18-12-6-7-14-10-11-15-8-4-5-9-16(15)13-14/h4-11,13,18H,12H2,1-3H3/b7-6+/t20-/m1/s1. The van der Waals surface area contributed by atoms with Gasteiger partial charge in [-0.3, -0.25) is 0 Å². The summed E-state index contributed by atoms with van der Waals surface area (Å²) in [6.45, 7) is 6.49. The summed E-state index contributed by atoms with van der Waals surface area (Å²) in [5, 5.41) is 2.48. The van der Waals surface area contributed by atoms with Crippen molar-refractivity contribution in [1.29, 1.82) is 0 Å². The van der Waals surface area contributed by atoms with Crippen LogP contribution in [0.1, 0.15) is 26.3 Å². The van der Waals surface area contributed by atoms with Crippen molar-refractivity contribution in [2.45, 2.75) is 25.5 Å². The van der Waals surface area contributed by atoms with Gasteiger partial charge < -0.3 is 0 Å². The van der Waals surface area contributed by atoms with E-state index in [0.717, 1.165) is 5.56 Å². The minimum Gasteiger partial charge on any atom is -0.242 e. The molecule has 0 heterocycles. The third kappa shape index (κ3) is 4.02. The Labute approximate surface area is 123 Å². The van der Waals surface area contributed by atoms with E-state index in [1.807, 2.05) is 39.0 Å². The van der Waals surface area contributed by atoms with E-state index in [1.54, 1.807) is 0 Å². The summed E-state index contributed by atoms with van der Waals surface area (Å²) >= 11 is 0. The molecule has 2 aromatic carbocycles. The van der Waals surface area contributed by atoms with Crippen LogP contribution < -0.4 is 4.72 Å². The Morgan fingerprint density at radius 2 is 1.80 bits per heavy atom. The second-order valence-corrected chi connectivity index (χ2v) is 7.79. The van der Waals surface area contributed by atoms with Crippen molar-refractivity contribution in [2.75, 3.05) is 6.54 Å². The lowest BCUT2D eigenvalue weighted by Crippen LogP contribution is -2.33. The molecule has 0 fully saturated rings. The molecule has 1 atom stereocenters. The largest absolute Gasteiger partial charge is 0.242 e. The fraction of sp³-hybridized carbons (Fsp3) is 0.294. The average molecular weight is 287 g/mol. The quantitative estimate of drug-likeness (QED) is 0.907. The third-order valence-electron chi connectivity index (χ3n) is 2.97. The van der Waals surface area contributed by atoms with Crippen LogP contribution in [0.25, 0.3) is 16.8 Å². The first-order chi connectivity index (χ1) is 9.47. The topological polar surface area (TPSA) is 29.1 Å². The Balaban J connectivity index is 1.98. The van der Waals surface area contributed by atoms with Crippen LogP contribution >= 0.6 is 0 Å². The van der Waals surface area contributed by atoms with Gasteiger partial charge in [0.25, 0.3) is 0 Å². The summed E-state index contributed by atoms with van der Waals surface area (Å²) < 4.78 is 14.6. The van der Waals surface area contributed by atoms with E-state index in [4.69, 9.17) is 0 Å². The molecule has 0 aliphatic carbocycles. The van der Waals surface area contributed by atoms with Crippen LogP contribution in [0.2, 0.25) is 0 Å². The Kier molecular flexibility index (Phi) is 4.73. The number of rotatable bonds is 4. The summed E-state index contributed by atoms with van der Waals surface area (Å²) in [5.74, 6) is 0. The highest BCUT2D eigenvalue weighted by Crippen LogP contribution is 2.16. The van der Waals surface area contributed by atoms with Gasteiger partial charge in [-0.2, -0.15) is 0 Å². The fourth-order valence-electron chi connectivity index (χ4n) is 1.85. The molecule has 20 heavy (non-hydrogen) atoms. The van der Waals surface area contributed by atoms with E-state index in [1.165, 1.54) is 10.8 Å². The first-order valence-corrected chi connectivity index (χ1v) is 7.92. The summed E-state index contributed by atoms with van der Waals surface area (Å²) in [5.41, 5.74) is 1.16. The summed E-state index contributed by atoms with van der Waals surface area (Å²) in [6, 6.07) is 14.7. The third-order valence-corrected chi connectivity index (χ3v) is 4.51. The second kappa shape index (κ2) is 6.33. The maximum atomic E-state index is 11.8. The fourth-order valence-corrected chi connectivity index (χ4v) is 2.53. The van der Waals surface area contributed by atoms with Gasteiger partial charge in [0, 0.05) is 6.54 Å². The van der Waals surface area contributed by atoms with Gasteiger partial charge in [-0.05, 0) is 43.2 Å². The molecule has 1 N–H and O–H groups in total. The van der Waals surface area contributed by atoms with E-state index in [2.05, 4.69) is 41.1 Å². The van der Waals surface area contributed by atoms with Gasteiger partial charge in [-0.1, -0.05) is 48.6 Å². The van der Waals surface area contributed by atoms with Crippen LogP contribution in [-0.2, 0) is 11.0 Å². The monoisotopic (exact) mass is 287 g/mol. The first kappa shape index (κ1) is 14.9. The van der Waals surface area contributed by atoms with Crippen LogP contribution in [0, 0.1) is 0 Å². The van der Waals surface area contributed by atoms with Gasteiger partial charge >= 0.3 is 0 Å². The van der Waals surface area contributed by atoms with Crippen LogP contribution in [0.5, 0.6) is 0 Å². The predicted octanol–water partition coefficient (Wildman–Crippen LogP) is 3.90. The molecule has 0 amide bonds. The molecule has 0 saturated heterocycles. The zero-order chi connectivity index (χ0) is 14.6. The number of fused-ring (bicyclic) bond motifs is 1. The number of nitrogens with one attached hydrogen (secondary N) is 1. The lowest BCUT2D eigenvalue weighted by atomic mass is 10.1. The molecule has 0 radical (unpaired) electrons. The van der Waals surface area contributed by atoms with Crippen LogP contribution in [0.3, 0.4) is 0 Å². The van der Waals surface area contributed by atoms with Gasteiger partial charge in [0.15, 0.2) is 0 Å². The molecule has 0 aliphatic rings. The SMILES string of the molecule is CC(C)(C)[S@@](=O)NC/C=C/c1ccc2ccccc2c1. The predicted molar refractivity (Wildman–Crippen MR) is 88.9 cm³/mol. The van der Waals surface area contributed by atoms with Gasteiger partial charge in [-0.25, -0.2) is 8.93 Å². The molecule has 106 valence electrons. The Morgan fingerprint density at radius 3 is 2.50 bits per heavy atom. The minimum absolute atomic E-state index is 0.225. The van der Waals surface area contributed by atoms with Crippen molar-refractivity contribution in [3.63, 3.8) is 0 Å². The molecular formula is C17H21NOS. The lowest BCUT2D eigenvalue weighted by Gasteiger charge is -2.17. The van der Waals surface area contributed by atoms with Crippen LogP contribution in [-0.4, -0.2) is 15.5 Å². The molecule has 0 bridgehead atoms. The summed E-state index contributed by atoms with van der Waals surface area (Å²) in [7, 11) is -1.02. The van der Waals surface area contributed by atoms with Gasteiger partial charge in [0.1, 0.15) is 0 Å². The zero-order valence-corrected chi connectivity index (χ0v) is 13.0. The Morgan fingerprint density at radius 1 is 1.10 bits per heavy atom. The minimum atomic E-state index is -1.02. The van der Waals surface area contributed by atoms with Gasteiger partial charge in [-0.15, -0.1) is 0 Å². The number of hydrogen-bond acceptors (Lipinski definition) is 1. The zero-order valence-electron chi connectivity index (χ0n) is 12.2. The molecular weight excluding hydrogens is 266 g/mol. The summed E-state index contributed by atoms with van der Waals surface area (Å²) in [4.78, 5) is 0. The number of hydrogen-bond donors (Lipinski definition) is 1. The molecule has 0 spiro atoms. The molecule has 2 nitrogen and oxygen atoms in total. The van der Waals surface area contributed by atoms with E-state index < -0.39 is 11.0 Å². The molecule has 0 aliphatic heterocycles. The molecule has 0 aromatic heterocycles. The smallest absolute Gasteiger partial charge is 0.0973 e. The number of benzene rings is 2. The van der Waals surface area contributed by atoms with E-state index in [0.29, 0.717) is 6.54 Å². The van der Waals surface area contributed by atoms with Crippen LogP contribution in [0.4, 0.5) is 0 Å². The highest BCUT2D eigenvalue weighted by Gasteiger charge is 2.18. The van der Waals surface area contributed by atoms with Crippen LogP contribution in [0.15, 0.2) is 48.5 Å². The maximum absolute atomic E-state index is 11.8. The molecule has 0 unspecified atom stereocenters. The molecule has 2 rings (SSSR count). The first-order valence-electron chi connectivity index (χ1n) is 6.77. The molecule has 0 saturated carbocycles.